The van der Waals surface area contributed by atoms with Gasteiger partial charge in [0.05, 0.1) is 18.9 Å². The first-order valence-corrected chi connectivity index (χ1v) is 7.33. The molecule has 1 aliphatic heterocycles. The fourth-order valence-electron chi connectivity index (χ4n) is 2.37. The standard InChI is InChI=1S/C14H26N4O/c1-3-18-12-14(13(2)16-18)11-15-5-4-6-17-7-9-19-10-8-17/h12,15H,3-11H2,1-2H3. The molecule has 5 heteroatoms. The molecule has 1 aliphatic rings. The van der Waals surface area contributed by atoms with Gasteiger partial charge in [-0.15, -0.1) is 0 Å². The predicted octanol–water partition coefficient (Wildman–Crippen LogP) is 1.02. The van der Waals surface area contributed by atoms with E-state index in [4.69, 9.17) is 4.74 Å². The number of hydrogen-bond acceptors (Lipinski definition) is 4. The van der Waals surface area contributed by atoms with Crippen LogP contribution in [-0.4, -0.2) is 54.1 Å². The molecule has 1 aromatic heterocycles. The molecule has 0 spiro atoms. The smallest absolute Gasteiger partial charge is 0.0638 e. The third-order valence-corrected chi connectivity index (χ3v) is 3.62. The summed E-state index contributed by atoms with van der Waals surface area (Å²) in [4.78, 5) is 2.48. The molecule has 0 aromatic carbocycles. The predicted molar refractivity (Wildman–Crippen MR) is 76.2 cm³/mol. The summed E-state index contributed by atoms with van der Waals surface area (Å²) in [5.74, 6) is 0. The number of aryl methyl sites for hydroxylation is 2. The number of ether oxygens (including phenoxy) is 1. The molecule has 0 amide bonds. The van der Waals surface area contributed by atoms with Crippen LogP contribution in [-0.2, 0) is 17.8 Å². The first-order valence-electron chi connectivity index (χ1n) is 7.33. The minimum Gasteiger partial charge on any atom is -0.379 e. The lowest BCUT2D eigenvalue weighted by Crippen LogP contribution is -2.37. The molecule has 0 bridgehead atoms. The Kier molecular flexibility index (Phi) is 5.82. The molecule has 0 radical (unpaired) electrons. The van der Waals surface area contributed by atoms with Gasteiger partial charge >= 0.3 is 0 Å². The van der Waals surface area contributed by atoms with Gasteiger partial charge in [0.15, 0.2) is 0 Å². The zero-order valence-corrected chi connectivity index (χ0v) is 12.2. The van der Waals surface area contributed by atoms with Gasteiger partial charge in [0.1, 0.15) is 0 Å². The molecule has 1 saturated heterocycles. The molecular formula is C14H26N4O. The molecule has 0 unspecified atom stereocenters. The number of hydrogen-bond donors (Lipinski definition) is 1. The Morgan fingerprint density at radius 1 is 1.37 bits per heavy atom. The van der Waals surface area contributed by atoms with Gasteiger partial charge in [-0.25, -0.2) is 0 Å². The molecule has 5 nitrogen and oxygen atoms in total. The molecule has 2 heterocycles. The first kappa shape index (κ1) is 14.5. The van der Waals surface area contributed by atoms with Crippen LogP contribution in [0.4, 0.5) is 0 Å². The Morgan fingerprint density at radius 3 is 2.84 bits per heavy atom. The van der Waals surface area contributed by atoms with E-state index in [9.17, 15) is 0 Å². The van der Waals surface area contributed by atoms with Gasteiger partial charge in [-0.05, 0) is 33.4 Å². The highest BCUT2D eigenvalue weighted by Crippen LogP contribution is 2.05. The summed E-state index contributed by atoms with van der Waals surface area (Å²) >= 11 is 0. The van der Waals surface area contributed by atoms with Gasteiger partial charge in [-0.3, -0.25) is 9.58 Å². The third kappa shape index (κ3) is 4.60. The summed E-state index contributed by atoms with van der Waals surface area (Å²) in [6.45, 7) is 12.3. The Morgan fingerprint density at radius 2 is 2.16 bits per heavy atom. The van der Waals surface area contributed by atoms with Crippen molar-refractivity contribution in [3.05, 3.63) is 17.5 Å². The third-order valence-electron chi connectivity index (χ3n) is 3.62. The maximum absolute atomic E-state index is 5.34. The van der Waals surface area contributed by atoms with Crippen molar-refractivity contribution >= 4 is 0 Å². The number of nitrogens with zero attached hydrogens (tertiary/aromatic N) is 3. The van der Waals surface area contributed by atoms with Crippen LogP contribution < -0.4 is 5.32 Å². The molecule has 0 saturated carbocycles. The minimum atomic E-state index is 0.892. The van der Waals surface area contributed by atoms with Crippen LogP contribution in [0.5, 0.6) is 0 Å². The van der Waals surface area contributed by atoms with E-state index in [-0.39, 0.29) is 0 Å². The first-order chi connectivity index (χ1) is 9.29. The molecular weight excluding hydrogens is 240 g/mol. The van der Waals surface area contributed by atoms with Gasteiger partial charge in [0, 0.05) is 37.9 Å². The van der Waals surface area contributed by atoms with Gasteiger partial charge in [-0.2, -0.15) is 5.10 Å². The lowest BCUT2D eigenvalue weighted by Gasteiger charge is -2.26. The Bertz CT molecular complexity index is 372. The number of aromatic nitrogens is 2. The molecule has 2 rings (SSSR count). The van der Waals surface area contributed by atoms with E-state index in [0.29, 0.717) is 0 Å². The number of nitrogens with one attached hydrogen (secondary N) is 1. The fourth-order valence-corrected chi connectivity index (χ4v) is 2.37. The van der Waals surface area contributed by atoms with Crippen molar-refractivity contribution in [2.75, 3.05) is 39.4 Å². The van der Waals surface area contributed by atoms with Crippen molar-refractivity contribution in [2.24, 2.45) is 0 Å². The topological polar surface area (TPSA) is 42.3 Å². The van der Waals surface area contributed by atoms with Gasteiger partial charge in [0.25, 0.3) is 0 Å². The van der Waals surface area contributed by atoms with Crippen LogP contribution in [0, 0.1) is 6.92 Å². The molecule has 1 N–H and O–H groups in total. The van der Waals surface area contributed by atoms with E-state index in [1.807, 2.05) is 4.68 Å². The summed E-state index contributed by atoms with van der Waals surface area (Å²) < 4.78 is 7.34. The van der Waals surface area contributed by atoms with Gasteiger partial charge in [0.2, 0.25) is 0 Å². The average molecular weight is 266 g/mol. The second-order valence-electron chi connectivity index (χ2n) is 5.08. The van der Waals surface area contributed by atoms with Crippen LogP contribution >= 0.6 is 0 Å². The molecule has 1 aromatic rings. The lowest BCUT2D eigenvalue weighted by molar-refractivity contribution is 0.0374. The second-order valence-corrected chi connectivity index (χ2v) is 5.08. The molecule has 0 aliphatic carbocycles. The van der Waals surface area contributed by atoms with Crippen molar-refractivity contribution in [2.45, 2.75) is 33.4 Å². The number of rotatable bonds is 7. The summed E-state index contributed by atoms with van der Waals surface area (Å²) in [6, 6.07) is 0. The summed E-state index contributed by atoms with van der Waals surface area (Å²) in [7, 11) is 0. The average Bonchev–Trinajstić information content (AvgIpc) is 2.80. The SMILES string of the molecule is CCn1cc(CNCCCN2CCOCC2)c(C)n1. The van der Waals surface area contributed by atoms with E-state index in [2.05, 4.69) is 35.4 Å². The Balaban J connectivity index is 1.59. The van der Waals surface area contributed by atoms with Crippen molar-refractivity contribution in [3.63, 3.8) is 0 Å². The van der Waals surface area contributed by atoms with Crippen molar-refractivity contribution in [1.82, 2.24) is 20.0 Å². The molecule has 0 atom stereocenters. The monoisotopic (exact) mass is 266 g/mol. The Labute approximate surface area is 115 Å². The van der Waals surface area contributed by atoms with Crippen molar-refractivity contribution in [1.29, 1.82) is 0 Å². The van der Waals surface area contributed by atoms with E-state index < -0.39 is 0 Å². The molecule has 1 fully saturated rings. The zero-order valence-electron chi connectivity index (χ0n) is 12.2. The zero-order chi connectivity index (χ0) is 13.5. The highest BCUT2D eigenvalue weighted by Gasteiger charge is 2.09. The highest BCUT2D eigenvalue weighted by molar-refractivity contribution is 5.14. The largest absolute Gasteiger partial charge is 0.379 e. The van der Waals surface area contributed by atoms with Crippen LogP contribution in [0.3, 0.4) is 0 Å². The Hall–Kier alpha value is -0.910. The maximum Gasteiger partial charge on any atom is 0.0638 e. The van der Waals surface area contributed by atoms with Gasteiger partial charge < -0.3 is 10.1 Å². The second kappa shape index (κ2) is 7.62. The maximum atomic E-state index is 5.34. The van der Waals surface area contributed by atoms with E-state index >= 15 is 0 Å². The van der Waals surface area contributed by atoms with Crippen LogP contribution in [0.25, 0.3) is 0 Å². The highest BCUT2D eigenvalue weighted by atomic mass is 16.5. The molecule has 108 valence electrons. The van der Waals surface area contributed by atoms with E-state index in [1.165, 1.54) is 18.5 Å². The van der Waals surface area contributed by atoms with E-state index in [1.54, 1.807) is 0 Å². The van der Waals surface area contributed by atoms with Crippen molar-refractivity contribution in [3.8, 4) is 0 Å². The van der Waals surface area contributed by atoms with Crippen LogP contribution in [0.15, 0.2) is 6.20 Å². The summed E-state index contributed by atoms with van der Waals surface area (Å²) in [5, 5.41) is 7.96. The van der Waals surface area contributed by atoms with Gasteiger partial charge in [-0.1, -0.05) is 0 Å². The molecule has 19 heavy (non-hydrogen) atoms. The van der Waals surface area contributed by atoms with E-state index in [0.717, 1.165) is 51.6 Å². The number of morpholine rings is 1. The summed E-state index contributed by atoms with van der Waals surface area (Å²) in [5.41, 5.74) is 2.45. The van der Waals surface area contributed by atoms with Crippen molar-refractivity contribution < 1.29 is 4.74 Å². The quantitative estimate of drug-likeness (QED) is 0.748. The van der Waals surface area contributed by atoms with Crippen LogP contribution in [0.1, 0.15) is 24.6 Å². The fraction of sp³-hybridized carbons (Fsp3) is 0.786. The van der Waals surface area contributed by atoms with Crippen LogP contribution in [0.2, 0.25) is 0 Å². The lowest BCUT2D eigenvalue weighted by atomic mass is 10.2. The normalized spacial score (nSPS) is 16.9. The summed E-state index contributed by atoms with van der Waals surface area (Å²) in [6.07, 6.45) is 3.34. The minimum absolute atomic E-state index is 0.892.